The third kappa shape index (κ3) is 2.60. The Morgan fingerprint density at radius 1 is 1.33 bits per heavy atom. The first-order chi connectivity index (χ1) is 11.7. The maximum atomic E-state index is 12.3. The van der Waals surface area contributed by atoms with Crippen molar-refractivity contribution in [3.8, 4) is 0 Å². The molecule has 0 unspecified atom stereocenters. The summed E-state index contributed by atoms with van der Waals surface area (Å²) in [5, 5.41) is 5.25. The first-order valence-electron chi connectivity index (χ1n) is 8.38. The fourth-order valence-corrected chi connectivity index (χ4v) is 4.15. The summed E-state index contributed by atoms with van der Waals surface area (Å²) in [6.45, 7) is 5.96. The number of benzene rings is 1. The van der Waals surface area contributed by atoms with Gasteiger partial charge in [-0.1, -0.05) is 43.4 Å². The summed E-state index contributed by atoms with van der Waals surface area (Å²) in [6.07, 6.45) is 1.94. The van der Waals surface area contributed by atoms with E-state index >= 15 is 0 Å². The minimum absolute atomic E-state index is 0.0930. The molecule has 3 heterocycles. The molecule has 0 radical (unpaired) electrons. The van der Waals surface area contributed by atoms with Gasteiger partial charge < -0.3 is 4.90 Å². The Bertz CT molecular complexity index is 946. The van der Waals surface area contributed by atoms with E-state index in [1.54, 1.807) is 6.07 Å². The van der Waals surface area contributed by atoms with Gasteiger partial charge in [-0.15, -0.1) is 0 Å². The second kappa shape index (κ2) is 6.02. The van der Waals surface area contributed by atoms with Crippen LogP contribution in [0.2, 0.25) is 0 Å². The highest BCUT2D eigenvalue weighted by Gasteiger charge is 2.22. The molecule has 4 rings (SSSR count). The van der Waals surface area contributed by atoms with E-state index < -0.39 is 0 Å². The molecule has 0 saturated carbocycles. The standard InChI is InChI=1S/C18H20N4OS/c1-3-16-20-22-17(23)10-13(19-18(22)24-16)11-21-9-8-12(2)14-6-4-5-7-15(14)21/h4-7,10,12H,3,8-9,11H2,1-2H3/t12-/m1/s1. The number of para-hydroxylation sites is 1. The van der Waals surface area contributed by atoms with Gasteiger partial charge in [0.05, 0.1) is 12.2 Å². The van der Waals surface area contributed by atoms with Crippen LogP contribution in [0.15, 0.2) is 35.1 Å². The highest BCUT2D eigenvalue weighted by Crippen LogP contribution is 2.35. The SMILES string of the molecule is CCc1nn2c(=O)cc(CN3CC[C@@H](C)c4ccccc43)nc2s1. The molecular formula is C18H20N4OS. The van der Waals surface area contributed by atoms with Gasteiger partial charge in [-0.25, -0.2) is 4.98 Å². The summed E-state index contributed by atoms with van der Waals surface area (Å²) in [6, 6.07) is 10.2. The van der Waals surface area contributed by atoms with E-state index in [0.29, 0.717) is 17.4 Å². The van der Waals surface area contributed by atoms with Crippen LogP contribution < -0.4 is 10.5 Å². The first kappa shape index (κ1) is 15.3. The third-order valence-electron chi connectivity index (χ3n) is 4.64. The van der Waals surface area contributed by atoms with Crippen molar-refractivity contribution >= 4 is 22.0 Å². The minimum Gasteiger partial charge on any atom is -0.365 e. The minimum atomic E-state index is -0.0930. The van der Waals surface area contributed by atoms with Crippen molar-refractivity contribution in [3.05, 3.63) is 57.0 Å². The molecule has 24 heavy (non-hydrogen) atoms. The average Bonchev–Trinajstić information content (AvgIpc) is 3.02. The number of aryl methyl sites for hydroxylation is 1. The van der Waals surface area contributed by atoms with Gasteiger partial charge in [-0.2, -0.15) is 9.61 Å². The molecule has 0 amide bonds. The van der Waals surface area contributed by atoms with E-state index in [1.165, 1.54) is 27.1 Å². The molecule has 1 aliphatic heterocycles. The lowest BCUT2D eigenvalue weighted by Gasteiger charge is -2.34. The normalized spacial score (nSPS) is 17.2. The summed E-state index contributed by atoms with van der Waals surface area (Å²) in [7, 11) is 0. The van der Waals surface area contributed by atoms with Gasteiger partial charge in [0.1, 0.15) is 5.01 Å². The summed E-state index contributed by atoms with van der Waals surface area (Å²) in [5.41, 5.74) is 3.37. The zero-order valence-corrected chi connectivity index (χ0v) is 14.7. The largest absolute Gasteiger partial charge is 0.365 e. The van der Waals surface area contributed by atoms with Crippen LogP contribution in [0.3, 0.4) is 0 Å². The number of nitrogens with zero attached hydrogens (tertiary/aromatic N) is 4. The van der Waals surface area contributed by atoms with Crippen LogP contribution in [0.25, 0.3) is 4.96 Å². The van der Waals surface area contributed by atoms with E-state index in [1.807, 2.05) is 6.92 Å². The molecule has 1 aliphatic rings. The van der Waals surface area contributed by atoms with Crippen molar-refractivity contribution in [1.29, 1.82) is 0 Å². The van der Waals surface area contributed by atoms with Gasteiger partial charge in [0.2, 0.25) is 4.96 Å². The van der Waals surface area contributed by atoms with Crippen LogP contribution in [-0.2, 0) is 13.0 Å². The fraction of sp³-hybridized carbons (Fsp3) is 0.389. The highest BCUT2D eigenvalue weighted by atomic mass is 32.1. The van der Waals surface area contributed by atoms with E-state index in [4.69, 9.17) is 0 Å². The van der Waals surface area contributed by atoms with Crippen LogP contribution >= 0.6 is 11.3 Å². The zero-order valence-electron chi connectivity index (χ0n) is 13.9. The van der Waals surface area contributed by atoms with Crippen LogP contribution in [-0.4, -0.2) is 21.1 Å². The van der Waals surface area contributed by atoms with Crippen molar-refractivity contribution in [2.75, 3.05) is 11.4 Å². The molecule has 0 N–H and O–H groups in total. The second-order valence-corrected chi connectivity index (χ2v) is 7.34. The second-order valence-electron chi connectivity index (χ2n) is 6.30. The third-order valence-corrected chi connectivity index (χ3v) is 5.69. The number of aromatic nitrogens is 3. The summed E-state index contributed by atoms with van der Waals surface area (Å²) < 4.78 is 1.42. The number of hydrogen-bond acceptors (Lipinski definition) is 5. The van der Waals surface area contributed by atoms with Crippen molar-refractivity contribution < 1.29 is 0 Å². The maximum Gasteiger partial charge on any atom is 0.275 e. The lowest BCUT2D eigenvalue weighted by Crippen LogP contribution is -2.31. The summed E-state index contributed by atoms with van der Waals surface area (Å²) in [4.78, 5) is 20.0. The van der Waals surface area contributed by atoms with Crippen molar-refractivity contribution in [1.82, 2.24) is 14.6 Å². The molecule has 2 aromatic heterocycles. The topological polar surface area (TPSA) is 50.5 Å². The van der Waals surface area contributed by atoms with Crippen LogP contribution in [0.5, 0.6) is 0 Å². The van der Waals surface area contributed by atoms with E-state index in [0.717, 1.165) is 30.1 Å². The Kier molecular flexibility index (Phi) is 3.84. The molecule has 0 fully saturated rings. The molecule has 0 bridgehead atoms. The summed E-state index contributed by atoms with van der Waals surface area (Å²) in [5.74, 6) is 0.576. The van der Waals surface area contributed by atoms with Gasteiger partial charge in [-0.05, 0) is 30.4 Å². The van der Waals surface area contributed by atoms with Crippen LogP contribution in [0.1, 0.15) is 42.5 Å². The Hall–Kier alpha value is -2.21. The van der Waals surface area contributed by atoms with E-state index in [2.05, 4.69) is 46.2 Å². The lowest BCUT2D eigenvalue weighted by atomic mass is 9.91. The number of fused-ring (bicyclic) bond motifs is 2. The fourth-order valence-electron chi connectivity index (χ4n) is 3.30. The smallest absolute Gasteiger partial charge is 0.275 e. The van der Waals surface area contributed by atoms with Crippen molar-refractivity contribution in [2.24, 2.45) is 0 Å². The van der Waals surface area contributed by atoms with Gasteiger partial charge in [0.25, 0.3) is 5.56 Å². The van der Waals surface area contributed by atoms with Crippen LogP contribution in [0.4, 0.5) is 5.69 Å². The molecule has 1 aromatic carbocycles. The van der Waals surface area contributed by atoms with Crippen molar-refractivity contribution in [2.45, 2.75) is 39.2 Å². The van der Waals surface area contributed by atoms with E-state index in [-0.39, 0.29) is 5.56 Å². The molecule has 5 nitrogen and oxygen atoms in total. The number of anilines is 1. The molecule has 0 spiro atoms. The predicted molar refractivity (Wildman–Crippen MR) is 97.0 cm³/mol. The zero-order chi connectivity index (χ0) is 16.7. The van der Waals surface area contributed by atoms with Crippen molar-refractivity contribution in [3.63, 3.8) is 0 Å². The molecular weight excluding hydrogens is 320 g/mol. The summed E-state index contributed by atoms with van der Waals surface area (Å²) >= 11 is 1.50. The molecule has 124 valence electrons. The molecule has 0 saturated heterocycles. The van der Waals surface area contributed by atoms with E-state index in [9.17, 15) is 4.79 Å². The predicted octanol–water partition coefficient (Wildman–Crippen LogP) is 3.23. The molecule has 1 atom stereocenters. The van der Waals surface area contributed by atoms with Gasteiger partial charge in [0, 0.05) is 18.3 Å². The Balaban J connectivity index is 1.70. The first-order valence-corrected chi connectivity index (χ1v) is 9.20. The lowest BCUT2D eigenvalue weighted by molar-refractivity contribution is 0.605. The quantitative estimate of drug-likeness (QED) is 0.734. The molecule has 3 aromatic rings. The van der Waals surface area contributed by atoms with Crippen LogP contribution in [0, 0.1) is 0 Å². The number of hydrogen-bond donors (Lipinski definition) is 0. The number of rotatable bonds is 3. The molecule has 0 aliphatic carbocycles. The Labute approximate surface area is 144 Å². The van der Waals surface area contributed by atoms with Gasteiger partial charge in [-0.3, -0.25) is 4.79 Å². The monoisotopic (exact) mass is 340 g/mol. The van der Waals surface area contributed by atoms with Gasteiger partial charge >= 0.3 is 0 Å². The van der Waals surface area contributed by atoms with Gasteiger partial charge in [0.15, 0.2) is 0 Å². The Morgan fingerprint density at radius 3 is 3.00 bits per heavy atom. The maximum absolute atomic E-state index is 12.3. The molecule has 6 heteroatoms. The Morgan fingerprint density at radius 2 is 2.17 bits per heavy atom. The average molecular weight is 340 g/mol. The highest BCUT2D eigenvalue weighted by molar-refractivity contribution is 7.16.